The van der Waals surface area contributed by atoms with Crippen LogP contribution in [0.15, 0.2) is 4.40 Å². The molecule has 2 aliphatic carbocycles. The molecule has 0 amide bonds. The second-order valence-electron chi connectivity index (χ2n) is 6.58. The van der Waals surface area contributed by atoms with Crippen molar-refractivity contribution >= 4 is 15.9 Å². The molecule has 0 spiro atoms. The number of sulfonamides is 1. The highest BCUT2D eigenvalue weighted by Gasteiger charge is 2.40. The summed E-state index contributed by atoms with van der Waals surface area (Å²) >= 11 is 0. The Balaban J connectivity index is 0.000000194. The van der Waals surface area contributed by atoms with Gasteiger partial charge in [-0.05, 0) is 25.2 Å². The summed E-state index contributed by atoms with van der Waals surface area (Å²) in [6.45, 7) is 4.22. The zero-order chi connectivity index (χ0) is 15.3. The van der Waals surface area contributed by atoms with Gasteiger partial charge in [-0.15, -0.1) is 4.40 Å². The Morgan fingerprint density at radius 3 is 2.24 bits per heavy atom. The molecule has 0 saturated heterocycles. The smallest absolute Gasteiger partial charge is 0.262 e. The Bertz CT molecular complexity index is 452. The zero-order valence-corrected chi connectivity index (χ0v) is 14.2. The van der Waals surface area contributed by atoms with E-state index in [4.69, 9.17) is 4.74 Å². The van der Waals surface area contributed by atoms with Gasteiger partial charge in [-0.3, -0.25) is 0 Å². The lowest BCUT2D eigenvalue weighted by Crippen LogP contribution is -2.43. The summed E-state index contributed by atoms with van der Waals surface area (Å²) in [5, 5.41) is -0.383. The van der Waals surface area contributed by atoms with Crippen molar-refractivity contribution in [3.8, 4) is 0 Å². The minimum atomic E-state index is -3.28. The van der Waals surface area contributed by atoms with Crippen LogP contribution in [0.4, 0.5) is 0 Å². The molecular formula is C16H29NO3S. The highest BCUT2D eigenvalue weighted by atomic mass is 32.2. The van der Waals surface area contributed by atoms with Crippen LogP contribution in [0, 0.1) is 5.92 Å². The number of hydrogen-bond acceptors (Lipinski definition) is 3. The summed E-state index contributed by atoms with van der Waals surface area (Å²) in [6.07, 6.45) is 11.4. The van der Waals surface area contributed by atoms with Crippen LogP contribution in [-0.4, -0.2) is 25.7 Å². The van der Waals surface area contributed by atoms with Crippen molar-refractivity contribution < 1.29 is 13.2 Å². The first kappa shape index (κ1) is 16.8. The van der Waals surface area contributed by atoms with Gasteiger partial charge in [0.15, 0.2) is 5.90 Å². The van der Waals surface area contributed by atoms with Crippen LogP contribution in [-0.2, 0) is 14.8 Å². The Labute approximate surface area is 129 Å². The molecule has 3 aliphatic rings. The first-order valence-electron chi connectivity index (χ1n) is 8.52. The zero-order valence-electron chi connectivity index (χ0n) is 13.4. The van der Waals surface area contributed by atoms with E-state index in [1.54, 1.807) is 0 Å². The Morgan fingerprint density at radius 1 is 1.05 bits per heavy atom. The van der Waals surface area contributed by atoms with Crippen LogP contribution in [0.1, 0.15) is 78.1 Å². The van der Waals surface area contributed by atoms with Crippen molar-refractivity contribution in [1.29, 1.82) is 0 Å². The molecule has 0 radical (unpaired) electrons. The minimum absolute atomic E-state index is 0.138. The molecule has 4 nitrogen and oxygen atoms in total. The van der Waals surface area contributed by atoms with Gasteiger partial charge in [0.25, 0.3) is 10.0 Å². The van der Waals surface area contributed by atoms with Crippen molar-refractivity contribution in [2.75, 3.05) is 0 Å². The van der Waals surface area contributed by atoms with Gasteiger partial charge in [0.2, 0.25) is 0 Å². The molecule has 0 aromatic rings. The second-order valence-corrected chi connectivity index (χ2v) is 8.39. The van der Waals surface area contributed by atoms with Crippen LogP contribution >= 0.6 is 0 Å². The molecule has 0 N–H and O–H groups in total. The summed E-state index contributed by atoms with van der Waals surface area (Å²) in [7, 11) is -3.28. The lowest BCUT2D eigenvalue weighted by Gasteiger charge is -2.33. The van der Waals surface area contributed by atoms with Crippen LogP contribution in [0.3, 0.4) is 0 Å². The summed E-state index contributed by atoms with van der Waals surface area (Å²) in [4.78, 5) is 0. The molecule has 2 saturated carbocycles. The van der Waals surface area contributed by atoms with Crippen molar-refractivity contribution in [3.63, 3.8) is 0 Å². The monoisotopic (exact) mass is 315 g/mol. The van der Waals surface area contributed by atoms with Crippen LogP contribution in [0.25, 0.3) is 0 Å². The second kappa shape index (κ2) is 7.61. The lowest BCUT2D eigenvalue weighted by molar-refractivity contribution is 0.137. The van der Waals surface area contributed by atoms with Gasteiger partial charge < -0.3 is 4.74 Å². The first-order chi connectivity index (χ1) is 10.0. The van der Waals surface area contributed by atoms with Crippen LogP contribution in [0.5, 0.6) is 0 Å². The number of fused-ring (bicyclic) bond motifs is 1. The summed E-state index contributed by atoms with van der Waals surface area (Å²) in [5.41, 5.74) is 0. The molecule has 2 unspecified atom stereocenters. The van der Waals surface area contributed by atoms with E-state index >= 15 is 0 Å². The average Bonchev–Trinajstić information content (AvgIpc) is 2.48. The number of nitrogens with zero attached hydrogens (tertiary/aromatic N) is 1. The van der Waals surface area contributed by atoms with Gasteiger partial charge in [-0.1, -0.05) is 52.4 Å². The molecule has 5 heteroatoms. The van der Waals surface area contributed by atoms with E-state index in [1.165, 1.54) is 32.1 Å². The average molecular weight is 315 g/mol. The number of ether oxygens (including phenoxy) is 1. The SMILES string of the molecule is CC1CCCCC1.CCC1=NS(=O)(=O)C2CCCCC2O1. The lowest BCUT2D eigenvalue weighted by atomic mass is 9.91. The normalized spacial score (nSPS) is 32.0. The van der Waals surface area contributed by atoms with Gasteiger partial charge in [-0.25, -0.2) is 8.42 Å². The highest BCUT2D eigenvalue weighted by molar-refractivity contribution is 7.91. The van der Waals surface area contributed by atoms with E-state index in [9.17, 15) is 8.42 Å². The fourth-order valence-electron chi connectivity index (χ4n) is 3.40. The van der Waals surface area contributed by atoms with Gasteiger partial charge in [0, 0.05) is 6.42 Å². The van der Waals surface area contributed by atoms with Crippen LogP contribution in [0.2, 0.25) is 0 Å². The minimum Gasteiger partial charge on any atom is -0.475 e. The molecular weight excluding hydrogens is 286 g/mol. The van der Waals surface area contributed by atoms with Gasteiger partial charge in [0.05, 0.1) is 0 Å². The molecule has 2 atom stereocenters. The Kier molecular flexibility index (Phi) is 6.08. The predicted molar refractivity (Wildman–Crippen MR) is 86.0 cm³/mol. The third-order valence-corrected chi connectivity index (χ3v) is 6.50. The van der Waals surface area contributed by atoms with Gasteiger partial charge in [-0.2, -0.15) is 0 Å². The maximum absolute atomic E-state index is 11.7. The van der Waals surface area contributed by atoms with E-state index in [1.807, 2.05) is 6.92 Å². The first-order valence-corrected chi connectivity index (χ1v) is 10.0. The van der Waals surface area contributed by atoms with E-state index in [0.717, 1.165) is 25.2 Å². The molecule has 1 heterocycles. The fraction of sp³-hybridized carbons (Fsp3) is 0.938. The summed E-state index contributed by atoms with van der Waals surface area (Å²) in [6, 6.07) is 0. The Morgan fingerprint density at radius 2 is 1.67 bits per heavy atom. The van der Waals surface area contributed by atoms with E-state index in [2.05, 4.69) is 11.3 Å². The summed E-state index contributed by atoms with van der Waals surface area (Å²) in [5.74, 6) is 1.42. The van der Waals surface area contributed by atoms with E-state index in [0.29, 0.717) is 18.7 Å². The molecule has 1 aliphatic heterocycles. The molecule has 122 valence electrons. The predicted octanol–water partition coefficient (Wildman–Crippen LogP) is 4.05. The molecule has 0 aromatic heterocycles. The molecule has 0 aromatic carbocycles. The van der Waals surface area contributed by atoms with E-state index < -0.39 is 10.0 Å². The molecule has 2 fully saturated rings. The van der Waals surface area contributed by atoms with Crippen molar-refractivity contribution in [2.24, 2.45) is 10.3 Å². The molecule has 0 bridgehead atoms. The standard InChI is InChI=1S/C9H15NO3S.C7H14/c1-2-9-10-14(11,12)8-6-4-3-5-7(8)13-9;1-7-5-3-2-4-6-7/h7-8H,2-6H2,1H3;7H,2-6H2,1H3. The van der Waals surface area contributed by atoms with Gasteiger partial charge >= 0.3 is 0 Å². The van der Waals surface area contributed by atoms with Crippen molar-refractivity contribution in [2.45, 2.75) is 89.4 Å². The third-order valence-electron chi connectivity index (χ3n) is 4.74. The summed E-state index contributed by atoms with van der Waals surface area (Å²) < 4.78 is 32.7. The highest BCUT2D eigenvalue weighted by Crippen LogP contribution is 2.31. The van der Waals surface area contributed by atoms with Gasteiger partial charge in [0.1, 0.15) is 11.4 Å². The maximum atomic E-state index is 11.7. The van der Waals surface area contributed by atoms with Crippen LogP contribution < -0.4 is 0 Å². The molecule has 21 heavy (non-hydrogen) atoms. The number of rotatable bonds is 1. The maximum Gasteiger partial charge on any atom is 0.262 e. The quantitative estimate of drug-likeness (QED) is 0.733. The largest absolute Gasteiger partial charge is 0.475 e. The fourth-order valence-corrected chi connectivity index (χ4v) is 5.03. The third kappa shape index (κ3) is 4.70. The molecule has 3 rings (SSSR count). The van der Waals surface area contributed by atoms with Crippen molar-refractivity contribution in [1.82, 2.24) is 0 Å². The van der Waals surface area contributed by atoms with Crippen molar-refractivity contribution in [3.05, 3.63) is 0 Å². The number of hydrogen-bond donors (Lipinski definition) is 0. The topological polar surface area (TPSA) is 55.7 Å². The Hall–Kier alpha value is -0.580. The van der Waals surface area contributed by atoms with E-state index in [-0.39, 0.29) is 11.4 Å².